The van der Waals surface area contributed by atoms with Gasteiger partial charge in [0.2, 0.25) is 0 Å². The maximum absolute atomic E-state index is 14.1. The molecule has 0 bridgehead atoms. The lowest BCUT2D eigenvalue weighted by Crippen LogP contribution is -2.15. The second-order valence-electron chi connectivity index (χ2n) is 5.26. The van der Waals surface area contributed by atoms with Gasteiger partial charge >= 0.3 is 0 Å². The Hall–Kier alpha value is -1.32. The van der Waals surface area contributed by atoms with Crippen molar-refractivity contribution in [3.63, 3.8) is 0 Å². The zero-order valence-electron chi connectivity index (χ0n) is 12.9. The molecular weight excluding hydrogens is 281 g/mol. The van der Waals surface area contributed by atoms with E-state index in [4.69, 9.17) is 0 Å². The number of hydrogen-bond donors (Lipinski definition) is 1. The molecule has 2 aromatic rings. The summed E-state index contributed by atoms with van der Waals surface area (Å²) in [5.74, 6) is -0.131. The Morgan fingerprint density at radius 1 is 1.10 bits per heavy atom. The Morgan fingerprint density at radius 2 is 1.90 bits per heavy atom. The van der Waals surface area contributed by atoms with Crippen LogP contribution in [0.2, 0.25) is 0 Å². The molecule has 112 valence electrons. The minimum absolute atomic E-state index is 0.131. The Bertz CT molecular complexity index is 610. The van der Waals surface area contributed by atoms with Gasteiger partial charge in [-0.05, 0) is 50.6 Å². The van der Waals surface area contributed by atoms with Gasteiger partial charge in [0.05, 0.1) is 0 Å². The number of hydrogen-bond acceptors (Lipinski definition) is 2. The van der Waals surface area contributed by atoms with Crippen molar-refractivity contribution in [3.8, 4) is 0 Å². The van der Waals surface area contributed by atoms with Gasteiger partial charge in [0.1, 0.15) is 5.82 Å². The third kappa shape index (κ3) is 4.32. The van der Waals surface area contributed by atoms with Crippen LogP contribution in [0.1, 0.15) is 30.0 Å². The van der Waals surface area contributed by atoms with Crippen molar-refractivity contribution in [3.05, 3.63) is 58.9 Å². The fraction of sp³-hybridized carbons (Fsp3) is 0.333. The van der Waals surface area contributed by atoms with Gasteiger partial charge in [-0.2, -0.15) is 0 Å². The zero-order valence-corrected chi connectivity index (χ0v) is 13.7. The molecule has 0 aromatic heterocycles. The molecule has 3 heteroatoms. The van der Waals surface area contributed by atoms with Gasteiger partial charge in [-0.15, -0.1) is 0 Å². The van der Waals surface area contributed by atoms with Crippen LogP contribution in [0.3, 0.4) is 0 Å². The van der Waals surface area contributed by atoms with Crippen LogP contribution in [-0.2, 0) is 6.54 Å². The quantitative estimate of drug-likeness (QED) is 0.746. The predicted octanol–water partition coefficient (Wildman–Crippen LogP) is 5.09. The van der Waals surface area contributed by atoms with Gasteiger partial charge in [-0.25, -0.2) is 4.39 Å². The summed E-state index contributed by atoms with van der Waals surface area (Å²) in [6.07, 6.45) is 1.05. The predicted molar refractivity (Wildman–Crippen MR) is 88.4 cm³/mol. The molecule has 0 saturated heterocycles. The molecule has 21 heavy (non-hydrogen) atoms. The molecule has 1 nitrogen and oxygen atoms in total. The van der Waals surface area contributed by atoms with Gasteiger partial charge in [-0.1, -0.05) is 42.4 Å². The molecular formula is C18H22FNS. The number of halogens is 1. The third-order valence-electron chi connectivity index (χ3n) is 3.35. The normalized spacial score (nSPS) is 10.9. The summed E-state index contributed by atoms with van der Waals surface area (Å²) in [7, 11) is 0. The van der Waals surface area contributed by atoms with Crippen LogP contribution < -0.4 is 5.32 Å². The largest absolute Gasteiger partial charge is 0.313 e. The van der Waals surface area contributed by atoms with Crippen LogP contribution in [0.25, 0.3) is 0 Å². The smallest absolute Gasteiger partial charge is 0.128 e. The Balaban J connectivity index is 2.24. The highest BCUT2D eigenvalue weighted by Gasteiger charge is 2.10. The van der Waals surface area contributed by atoms with Gasteiger partial charge in [0.25, 0.3) is 0 Å². The highest BCUT2D eigenvalue weighted by Crippen LogP contribution is 2.34. The minimum atomic E-state index is -0.131. The van der Waals surface area contributed by atoms with Crippen molar-refractivity contribution in [2.75, 3.05) is 6.54 Å². The monoisotopic (exact) mass is 303 g/mol. The standard InChI is InChI=1S/C18H22FNS/c1-4-10-20-12-15-16(19)6-5-7-18(15)21-17-9-8-13(2)11-14(17)3/h5-9,11,20H,4,10,12H2,1-3H3. The summed E-state index contributed by atoms with van der Waals surface area (Å²) >= 11 is 1.64. The van der Waals surface area contributed by atoms with Gasteiger partial charge < -0.3 is 5.32 Å². The van der Waals surface area contributed by atoms with E-state index in [1.807, 2.05) is 6.07 Å². The second kappa shape index (κ2) is 7.62. The fourth-order valence-corrected chi connectivity index (χ4v) is 3.26. The van der Waals surface area contributed by atoms with E-state index in [-0.39, 0.29) is 5.82 Å². The average molecular weight is 303 g/mol. The van der Waals surface area contributed by atoms with E-state index in [2.05, 4.69) is 44.3 Å². The highest BCUT2D eigenvalue weighted by atomic mass is 32.2. The molecule has 0 spiro atoms. The molecule has 2 rings (SSSR count). The summed E-state index contributed by atoms with van der Waals surface area (Å²) < 4.78 is 14.1. The van der Waals surface area contributed by atoms with E-state index in [1.165, 1.54) is 22.1 Å². The Kier molecular flexibility index (Phi) is 5.83. The first-order valence-electron chi connectivity index (χ1n) is 7.35. The fourth-order valence-electron chi connectivity index (χ4n) is 2.23. The summed E-state index contributed by atoms with van der Waals surface area (Å²) in [6, 6.07) is 11.7. The lowest BCUT2D eigenvalue weighted by atomic mass is 10.2. The number of benzene rings is 2. The second-order valence-corrected chi connectivity index (χ2v) is 6.35. The first kappa shape index (κ1) is 16.1. The van der Waals surface area contributed by atoms with E-state index in [9.17, 15) is 4.39 Å². The van der Waals surface area contributed by atoms with Crippen LogP contribution in [0.15, 0.2) is 46.2 Å². The lowest BCUT2D eigenvalue weighted by molar-refractivity contribution is 0.578. The van der Waals surface area contributed by atoms with Crippen LogP contribution >= 0.6 is 11.8 Å². The summed E-state index contributed by atoms with van der Waals surface area (Å²) in [6.45, 7) is 7.78. The van der Waals surface area contributed by atoms with Crippen molar-refractivity contribution < 1.29 is 4.39 Å². The minimum Gasteiger partial charge on any atom is -0.313 e. The van der Waals surface area contributed by atoms with E-state index in [1.54, 1.807) is 17.8 Å². The molecule has 0 aliphatic rings. The van der Waals surface area contributed by atoms with E-state index in [0.29, 0.717) is 6.54 Å². The topological polar surface area (TPSA) is 12.0 Å². The van der Waals surface area contributed by atoms with Crippen LogP contribution in [0.5, 0.6) is 0 Å². The highest BCUT2D eigenvalue weighted by molar-refractivity contribution is 7.99. The molecule has 0 radical (unpaired) electrons. The number of aryl methyl sites for hydroxylation is 2. The molecule has 0 saturated carbocycles. The van der Waals surface area contributed by atoms with E-state index < -0.39 is 0 Å². The summed E-state index contributed by atoms with van der Waals surface area (Å²) in [5.41, 5.74) is 3.24. The van der Waals surface area contributed by atoms with Gasteiger partial charge in [0.15, 0.2) is 0 Å². The maximum atomic E-state index is 14.1. The Labute approximate surface area is 131 Å². The average Bonchev–Trinajstić information content (AvgIpc) is 2.45. The van der Waals surface area contributed by atoms with E-state index >= 15 is 0 Å². The van der Waals surface area contributed by atoms with Crippen molar-refractivity contribution in [1.29, 1.82) is 0 Å². The molecule has 0 heterocycles. The molecule has 0 unspecified atom stereocenters. The zero-order chi connectivity index (χ0) is 15.2. The molecule has 0 amide bonds. The van der Waals surface area contributed by atoms with Crippen LogP contribution in [-0.4, -0.2) is 6.54 Å². The van der Waals surface area contributed by atoms with Crippen LogP contribution in [0, 0.1) is 19.7 Å². The summed E-state index contributed by atoms with van der Waals surface area (Å²) in [5, 5.41) is 3.29. The number of rotatable bonds is 6. The SMILES string of the molecule is CCCNCc1c(F)cccc1Sc1ccc(C)cc1C. The van der Waals surface area contributed by atoms with Gasteiger partial charge in [0, 0.05) is 21.9 Å². The Morgan fingerprint density at radius 3 is 2.62 bits per heavy atom. The molecule has 0 fully saturated rings. The van der Waals surface area contributed by atoms with Crippen molar-refractivity contribution >= 4 is 11.8 Å². The molecule has 2 aromatic carbocycles. The molecule has 0 aliphatic heterocycles. The molecule has 1 N–H and O–H groups in total. The van der Waals surface area contributed by atoms with Crippen molar-refractivity contribution in [2.45, 2.75) is 43.5 Å². The molecule has 0 atom stereocenters. The van der Waals surface area contributed by atoms with Gasteiger partial charge in [-0.3, -0.25) is 0 Å². The third-order valence-corrected chi connectivity index (χ3v) is 4.64. The molecule has 0 aliphatic carbocycles. The lowest BCUT2D eigenvalue weighted by Gasteiger charge is -2.12. The number of nitrogens with one attached hydrogen (secondary N) is 1. The van der Waals surface area contributed by atoms with Crippen molar-refractivity contribution in [1.82, 2.24) is 5.32 Å². The first-order valence-corrected chi connectivity index (χ1v) is 8.16. The van der Waals surface area contributed by atoms with E-state index in [0.717, 1.165) is 23.4 Å². The summed E-state index contributed by atoms with van der Waals surface area (Å²) in [4.78, 5) is 2.17. The maximum Gasteiger partial charge on any atom is 0.128 e. The van der Waals surface area contributed by atoms with Crippen molar-refractivity contribution in [2.24, 2.45) is 0 Å². The van der Waals surface area contributed by atoms with Crippen LogP contribution in [0.4, 0.5) is 4.39 Å². The first-order chi connectivity index (χ1) is 10.1.